The number of nitrogens with zero attached hydrogens (tertiary/aromatic N) is 1. The molecule has 1 fully saturated rings. The first-order valence-electron chi connectivity index (χ1n) is 9.24. The molecule has 2 heterocycles. The molecular weight excluding hydrogens is 387 g/mol. The molecule has 1 aromatic carbocycles. The number of hydrogen-bond acceptors (Lipinski definition) is 3. The van der Waals surface area contributed by atoms with E-state index in [-0.39, 0.29) is 11.9 Å². The van der Waals surface area contributed by atoms with E-state index in [2.05, 4.69) is 10.5 Å². The van der Waals surface area contributed by atoms with Crippen molar-refractivity contribution in [3.8, 4) is 0 Å². The van der Waals surface area contributed by atoms with Crippen molar-refractivity contribution in [2.24, 2.45) is 0 Å². The average molecular weight is 413 g/mol. The fourth-order valence-corrected chi connectivity index (χ4v) is 4.09. The fraction of sp³-hybridized carbons (Fsp3) is 0.474. The number of amides is 1. The summed E-state index contributed by atoms with van der Waals surface area (Å²) in [4.78, 5) is 15.2. The third-order valence-corrected chi connectivity index (χ3v) is 5.55. The minimum atomic E-state index is -0.149. The molecule has 0 bridgehead atoms. The maximum atomic E-state index is 12.4. The molecule has 3 rings (SSSR count). The van der Waals surface area contributed by atoms with Gasteiger partial charge in [-0.25, -0.2) is 0 Å². The topological polar surface area (TPSA) is 64.0 Å². The van der Waals surface area contributed by atoms with Crippen LogP contribution in [0, 0.1) is 6.92 Å². The van der Waals surface area contributed by atoms with Crippen LogP contribution in [0.3, 0.4) is 0 Å². The second-order valence-electron chi connectivity index (χ2n) is 7.24. The lowest BCUT2D eigenvalue weighted by Crippen LogP contribution is -3.28. The summed E-state index contributed by atoms with van der Waals surface area (Å²) in [6.07, 6.45) is 0. The predicted molar refractivity (Wildman–Crippen MR) is 104 cm³/mol. The molecule has 8 heteroatoms. The Bertz CT molecular complexity index is 788. The van der Waals surface area contributed by atoms with E-state index in [4.69, 9.17) is 27.7 Å². The molecule has 0 spiro atoms. The van der Waals surface area contributed by atoms with Gasteiger partial charge in [-0.2, -0.15) is 0 Å². The summed E-state index contributed by atoms with van der Waals surface area (Å²) < 4.78 is 5.13. The van der Waals surface area contributed by atoms with Crippen LogP contribution in [0.5, 0.6) is 0 Å². The van der Waals surface area contributed by atoms with Gasteiger partial charge >= 0.3 is 0 Å². The van der Waals surface area contributed by atoms with E-state index in [0.717, 1.165) is 49.7 Å². The molecule has 2 aromatic rings. The summed E-state index contributed by atoms with van der Waals surface area (Å²) in [5.41, 5.74) is 1.87. The van der Waals surface area contributed by atoms with Gasteiger partial charge in [0.25, 0.3) is 5.91 Å². The van der Waals surface area contributed by atoms with Crippen molar-refractivity contribution in [1.29, 1.82) is 0 Å². The van der Waals surface area contributed by atoms with Gasteiger partial charge in [0.05, 0.1) is 6.04 Å². The minimum Gasteiger partial charge on any atom is -0.361 e. The first-order valence-corrected chi connectivity index (χ1v) is 10.00. The number of benzene rings is 1. The molecule has 3 N–H and O–H groups in total. The van der Waals surface area contributed by atoms with E-state index in [9.17, 15) is 4.79 Å². The standard InChI is InChI=1S/C19H24Cl2N4O2/c1-13-9-16(23-27-13)11-24-5-7-25(8-6-24)12-19(26)22-14(2)17-4-3-15(20)10-18(17)21/h3-4,9-10,14H,5-8,11-12H2,1-2H3,(H,22,26)/p+2/t14-/m0/s1. The predicted octanol–water partition coefficient (Wildman–Crippen LogP) is 0.451. The van der Waals surface area contributed by atoms with E-state index in [0.29, 0.717) is 16.6 Å². The van der Waals surface area contributed by atoms with Crippen molar-refractivity contribution < 1.29 is 19.1 Å². The van der Waals surface area contributed by atoms with Crippen LogP contribution in [0.1, 0.15) is 30.0 Å². The number of piperazine rings is 1. The molecule has 0 saturated carbocycles. The molecule has 1 aliphatic rings. The number of nitrogens with one attached hydrogen (secondary N) is 3. The Morgan fingerprint density at radius 2 is 1.93 bits per heavy atom. The van der Waals surface area contributed by atoms with Crippen LogP contribution in [-0.2, 0) is 11.3 Å². The number of halogens is 2. The van der Waals surface area contributed by atoms with Gasteiger partial charge in [-0.3, -0.25) is 4.79 Å². The number of rotatable bonds is 6. The maximum Gasteiger partial charge on any atom is 0.275 e. The molecule has 1 aliphatic heterocycles. The van der Waals surface area contributed by atoms with E-state index in [1.807, 2.05) is 26.0 Å². The van der Waals surface area contributed by atoms with Gasteiger partial charge in [0.1, 0.15) is 44.2 Å². The molecule has 6 nitrogen and oxygen atoms in total. The first kappa shape index (κ1) is 20.1. The smallest absolute Gasteiger partial charge is 0.275 e. The quantitative estimate of drug-likeness (QED) is 0.645. The van der Waals surface area contributed by atoms with Crippen LogP contribution in [0.2, 0.25) is 10.0 Å². The number of carbonyl (C=O) groups is 1. The highest BCUT2D eigenvalue weighted by molar-refractivity contribution is 6.35. The van der Waals surface area contributed by atoms with Gasteiger partial charge < -0.3 is 19.6 Å². The highest BCUT2D eigenvalue weighted by atomic mass is 35.5. The Morgan fingerprint density at radius 1 is 1.22 bits per heavy atom. The van der Waals surface area contributed by atoms with Crippen LogP contribution < -0.4 is 15.1 Å². The van der Waals surface area contributed by atoms with Crippen LogP contribution >= 0.6 is 23.2 Å². The van der Waals surface area contributed by atoms with Crippen LogP contribution in [-0.4, -0.2) is 43.8 Å². The summed E-state index contributed by atoms with van der Waals surface area (Å²) in [6, 6.07) is 7.18. The van der Waals surface area contributed by atoms with Gasteiger partial charge in [0.2, 0.25) is 0 Å². The second-order valence-corrected chi connectivity index (χ2v) is 8.08. The first-order chi connectivity index (χ1) is 12.9. The molecule has 27 heavy (non-hydrogen) atoms. The normalized spacial score (nSPS) is 21.0. The Kier molecular flexibility index (Phi) is 6.76. The van der Waals surface area contributed by atoms with Crippen molar-refractivity contribution in [2.75, 3.05) is 32.7 Å². The third kappa shape index (κ3) is 5.69. The van der Waals surface area contributed by atoms with Crippen molar-refractivity contribution in [2.45, 2.75) is 26.4 Å². The van der Waals surface area contributed by atoms with Gasteiger partial charge in [-0.05, 0) is 31.5 Å². The lowest BCUT2D eigenvalue weighted by molar-refractivity contribution is -1.02. The number of quaternary nitrogens is 2. The molecule has 1 saturated heterocycles. The maximum absolute atomic E-state index is 12.4. The van der Waals surface area contributed by atoms with Crippen molar-refractivity contribution >= 4 is 29.1 Å². The van der Waals surface area contributed by atoms with Crippen LogP contribution in [0.4, 0.5) is 0 Å². The number of aromatic nitrogens is 1. The Balaban J connectivity index is 1.43. The van der Waals surface area contributed by atoms with E-state index in [1.54, 1.807) is 12.1 Å². The summed E-state index contributed by atoms with van der Waals surface area (Å²) in [5.74, 6) is 0.888. The second kappa shape index (κ2) is 9.06. The number of carbonyl (C=O) groups excluding carboxylic acids is 1. The third-order valence-electron chi connectivity index (χ3n) is 4.99. The fourth-order valence-electron chi connectivity index (χ4n) is 3.52. The highest BCUT2D eigenvalue weighted by Crippen LogP contribution is 2.25. The van der Waals surface area contributed by atoms with Crippen molar-refractivity contribution in [1.82, 2.24) is 10.5 Å². The summed E-state index contributed by atoms with van der Waals surface area (Å²) in [5, 5.41) is 8.27. The average Bonchev–Trinajstić information content (AvgIpc) is 3.01. The zero-order chi connectivity index (χ0) is 19.4. The molecular formula is C19H26Cl2N4O2+2. The largest absolute Gasteiger partial charge is 0.361 e. The SMILES string of the molecule is Cc1cc(C[NH+]2CC[NH+](CC(=O)N[C@@H](C)c3ccc(Cl)cc3Cl)CC2)no1. The molecule has 1 amide bonds. The zero-order valence-electron chi connectivity index (χ0n) is 15.6. The minimum absolute atomic E-state index is 0.0408. The zero-order valence-corrected chi connectivity index (χ0v) is 17.2. The summed E-state index contributed by atoms with van der Waals surface area (Å²) >= 11 is 12.2. The van der Waals surface area contributed by atoms with Crippen molar-refractivity contribution in [3.05, 3.63) is 51.3 Å². The number of aryl methyl sites for hydroxylation is 1. The Labute approximate surface area is 169 Å². The molecule has 0 aliphatic carbocycles. The molecule has 146 valence electrons. The van der Waals surface area contributed by atoms with Gasteiger partial charge in [-0.1, -0.05) is 34.4 Å². The lowest BCUT2D eigenvalue weighted by Gasteiger charge is -2.29. The van der Waals surface area contributed by atoms with E-state index >= 15 is 0 Å². The number of hydrogen-bond donors (Lipinski definition) is 3. The van der Waals surface area contributed by atoms with E-state index < -0.39 is 0 Å². The molecule has 0 radical (unpaired) electrons. The lowest BCUT2D eigenvalue weighted by atomic mass is 10.1. The molecule has 1 aromatic heterocycles. The van der Waals surface area contributed by atoms with E-state index in [1.165, 1.54) is 9.80 Å². The Hall–Kier alpha value is -1.60. The summed E-state index contributed by atoms with van der Waals surface area (Å²) in [7, 11) is 0. The van der Waals surface area contributed by atoms with Crippen molar-refractivity contribution in [3.63, 3.8) is 0 Å². The van der Waals surface area contributed by atoms with Gasteiger partial charge in [-0.15, -0.1) is 0 Å². The molecule has 0 unspecified atom stereocenters. The molecule has 1 atom stereocenters. The van der Waals surface area contributed by atoms with Gasteiger partial charge in [0.15, 0.2) is 6.54 Å². The van der Waals surface area contributed by atoms with Crippen LogP contribution in [0.15, 0.2) is 28.8 Å². The monoisotopic (exact) mass is 412 g/mol. The Morgan fingerprint density at radius 3 is 2.56 bits per heavy atom. The van der Waals surface area contributed by atoms with Crippen LogP contribution in [0.25, 0.3) is 0 Å². The van der Waals surface area contributed by atoms with Gasteiger partial charge in [0, 0.05) is 16.1 Å². The highest BCUT2D eigenvalue weighted by Gasteiger charge is 2.26. The summed E-state index contributed by atoms with van der Waals surface area (Å²) in [6.45, 7) is 9.18.